The van der Waals surface area contributed by atoms with Gasteiger partial charge >= 0.3 is 11.9 Å². The van der Waals surface area contributed by atoms with E-state index < -0.39 is 23.7 Å². The highest BCUT2D eigenvalue weighted by molar-refractivity contribution is 7.17. The van der Waals surface area contributed by atoms with E-state index in [9.17, 15) is 19.5 Å². The molecule has 1 fully saturated rings. The van der Waals surface area contributed by atoms with Crippen LogP contribution in [0.5, 0.6) is 5.75 Å². The number of Topliss-reactive ketones (excluding diaryl/α,β-unsaturated/α-hetero) is 1. The Morgan fingerprint density at radius 1 is 1.20 bits per heavy atom. The smallest absolute Gasteiger partial charge is 0.350 e. The van der Waals surface area contributed by atoms with Crippen molar-refractivity contribution in [3.05, 3.63) is 80.8 Å². The van der Waals surface area contributed by atoms with Gasteiger partial charge < -0.3 is 14.6 Å². The molecule has 1 N–H and O–H groups in total. The number of aryl methyl sites for hydroxylation is 1. The van der Waals surface area contributed by atoms with Crippen molar-refractivity contribution in [1.29, 1.82) is 0 Å². The average molecular weight is 513 g/mol. The zero-order chi connectivity index (χ0) is 25.3. The predicted octanol–water partition coefficient (Wildman–Crippen LogP) is 4.92. The van der Waals surface area contributed by atoms with E-state index in [0.29, 0.717) is 34.2 Å². The van der Waals surface area contributed by atoms with Gasteiger partial charge in [-0.15, -0.1) is 0 Å². The van der Waals surface area contributed by atoms with Crippen LogP contribution in [0.15, 0.2) is 54.1 Å². The third-order valence-electron chi connectivity index (χ3n) is 5.41. The Labute approximate surface area is 210 Å². The summed E-state index contributed by atoms with van der Waals surface area (Å²) < 4.78 is 10.2. The lowest BCUT2D eigenvalue weighted by Crippen LogP contribution is -2.29. The molecule has 8 nitrogen and oxygen atoms in total. The largest absolute Gasteiger partial charge is 0.507 e. The van der Waals surface area contributed by atoms with Crippen LogP contribution in [-0.4, -0.2) is 41.5 Å². The first-order valence-corrected chi connectivity index (χ1v) is 11.8. The molecule has 1 aliphatic heterocycles. The third kappa shape index (κ3) is 4.52. The van der Waals surface area contributed by atoms with E-state index in [1.54, 1.807) is 55.5 Å². The Bertz CT molecular complexity index is 1350. The van der Waals surface area contributed by atoms with E-state index in [0.717, 1.165) is 11.3 Å². The number of methoxy groups -OCH3 is 1. The highest BCUT2D eigenvalue weighted by Crippen LogP contribution is 2.44. The van der Waals surface area contributed by atoms with Gasteiger partial charge in [-0.1, -0.05) is 35.1 Å². The molecular formula is C25H21ClN2O6S. The van der Waals surface area contributed by atoms with Crippen molar-refractivity contribution in [2.75, 3.05) is 18.6 Å². The first-order valence-electron chi connectivity index (χ1n) is 10.6. The maximum atomic E-state index is 13.2. The Kier molecular flexibility index (Phi) is 6.90. The van der Waals surface area contributed by atoms with Gasteiger partial charge in [-0.3, -0.25) is 14.5 Å². The predicted molar refractivity (Wildman–Crippen MR) is 132 cm³/mol. The number of thiazole rings is 1. The average Bonchev–Trinajstić information content (AvgIpc) is 3.35. The molecule has 1 amide bonds. The van der Waals surface area contributed by atoms with E-state index in [4.69, 9.17) is 21.1 Å². The second kappa shape index (κ2) is 9.89. The Morgan fingerprint density at radius 2 is 1.91 bits per heavy atom. The first kappa shape index (κ1) is 24.4. The van der Waals surface area contributed by atoms with E-state index >= 15 is 0 Å². The molecule has 0 aliphatic carbocycles. The number of benzene rings is 2. The monoisotopic (exact) mass is 512 g/mol. The van der Waals surface area contributed by atoms with E-state index in [1.807, 2.05) is 6.92 Å². The highest BCUT2D eigenvalue weighted by Gasteiger charge is 2.48. The Balaban J connectivity index is 1.90. The Hall–Kier alpha value is -3.69. The zero-order valence-corrected chi connectivity index (χ0v) is 20.6. The molecular weight excluding hydrogens is 492 g/mol. The van der Waals surface area contributed by atoms with Crippen LogP contribution < -0.4 is 9.64 Å². The first-order chi connectivity index (χ1) is 16.8. The van der Waals surface area contributed by atoms with Gasteiger partial charge in [0.25, 0.3) is 5.78 Å². The van der Waals surface area contributed by atoms with Crippen molar-refractivity contribution in [2.24, 2.45) is 0 Å². The summed E-state index contributed by atoms with van der Waals surface area (Å²) in [5.74, 6) is -2.11. The van der Waals surface area contributed by atoms with Gasteiger partial charge in [0.2, 0.25) is 0 Å². The Morgan fingerprint density at radius 3 is 2.54 bits per heavy atom. The van der Waals surface area contributed by atoms with Gasteiger partial charge in [-0.2, -0.15) is 0 Å². The van der Waals surface area contributed by atoms with Crippen LogP contribution in [0.3, 0.4) is 0 Å². The summed E-state index contributed by atoms with van der Waals surface area (Å²) in [4.78, 5) is 44.4. The summed E-state index contributed by atoms with van der Waals surface area (Å²) in [6.07, 6.45) is 0. The fourth-order valence-electron chi connectivity index (χ4n) is 3.82. The number of amides is 1. The molecule has 1 aromatic heterocycles. The molecule has 3 aromatic rings. The summed E-state index contributed by atoms with van der Waals surface area (Å²) in [5, 5.41) is 11.7. The number of aromatic nitrogens is 1. The maximum Gasteiger partial charge on any atom is 0.350 e. The molecule has 2 heterocycles. The van der Waals surface area contributed by atoms with Crippen LogP contribution in [0.4, 0.5) is 5.13 Å². The topological polar surface area (TPSA) is 106 Å². The number of hydrogen-bond donors (Lipinski definition) is 1. The quantitative estimate of drug-likeness (QED) is 0.216. The number of carbonyl (C=O) groups excluding carboxylic acids is 3. The number of hydrogen-bond acceptors (Lipinski definition) is 8. The van der Waals surface area contributed by atoms with Crippen LogP contribution >= 0.6 is 22.9 Å². The number of nitrogens with zero attached hydrogens (tertiary/aromatic N) is 2. The molecule has 10 heteroatoms. The highest BCUT2D eigenvalue weighted by atomic mass is 35.5. The van der Waals surface area contributed by atoms with Crippen molar-refractivity contribution >= 4 is 51.5 Å². The van der Waals surface area contributed by atoms with Crippen molar-refractivity contribution in [3.63, 3.8) is 0 Å². The van der Waals surface area contributed by atoms with E-state index in [1.165, 1.54) is 12.0 Å². The molecule has 4 rings (SSSR count). The van der Waals surface area contributed by atoms with Crippen molar-refractivity contribution in [1.82, 2.24) is 4.98 Å². The summed E-state index contributed by atoms with van der Waals surface area (Å²) >= 11 is 7.14. The summed E-state index contributed by atoms with van der Waals surface area (Å²) in [7, 11) is 1.25. The molecule has 1 saturated heterocycles. The van der Waals surface area contributed by atoms with Crippen molar-refractivity contribution < 1.29 is 29.0 Å². The molecule has 0 bridgehead atoms. The number of esters is 1. The number of aliphatic hydroxyl groups excluding tert-OH is 1. The minimum Gasteiger partial charge on any atom is -0.507 e. The van der Waals surface area contributed by atoms with Gasteiger partial charge in [0.15, 0.2) is 5.13 Å². The second-order valence-corrected chi connectivity index (χ2v) is 9.00. The van der Waals surface area contributed by atoms with Crippen molar-refractivity contribution in [2.45, 2.75) is 19.9 Å². The van der Waals surface area contributed by atoms with Gasteiger partial charge in [0.1, 0.15) is 16.4 Å². The maximum absolute atomic E-state index is 13.2. The fourth-order valence-corrected chi connectivity index (χ4v) is 5.03. The van der Waals surface area contributed by atoms with Crippen LogP contribution in [0, 0.1) is 6.92 Å². The number of rotatable bonds is 6. The number of anilines is 1. The van der Waals surface area contributed by atoms with Crippen LogP contribution in [0.25, 0.3) is 5.76 Å². The zero-order valence-electron chi connectivity index (χ0n) is 19.1. The molecule has 2 aromatic carbocycles. The lowest BCUT2D eigenvalue weighted by atomic mass is 9.95. The summed E-state index contributed by atoms with van der Waals surface area (Å²) in [6.45, 7) is 3.94. The second-order valence-electron chi connectivity index (χ2n) is 7.58. The number of halogens is 1. The van der Waals surface area contributed by atoms with E-state index in [2.05, 4.69) is 4.98 Å². The van der Waals surface area contributed by atoms with Crippen molar-refractivity contribution in [3.8, 4) is 5.75 Å². The number of ether oxygens (including phenoxy) is 2. The SMILES string of the molecule is CCOc1ccc(/C(O)=C2/C(=O)C(=O)N(c3nc(C)c(C(=O)OC)s3)C2c2cccc(Cl)c2)cc1. The molecule has 1 unspecified atom stereocenters. The fraction of sp³-hybridized carbons (Fsp3) is 0.200. The van der Waals surface area contributed by atoms with Gasteiger partial charge in [-0.25, -0.2) is 9.78 Å². The van der Waals surface area contributed by atoms with Gasteiger partial charge in [0, 0.05) is 10.6 Å². The molecule has 1 atom stereocenters. The molecule has 0 radical (unpaired) electrons. The van der Waals surface area contributed by atoms with Crippen LogP contribution in [0.1, 0.15) is 39.5 Å². The lowest BCUT2D eigenvalue weighted by Gasteiger charge is -2.23. The molecule has 0 spiro atoms. The number of ketones is 1. The third-order valence-corrected chi connectivity index (χ3v) is 6.78. The molecule has 180 valence electrons. The molecule has 35 heavy (non-hydrogen) atoms. The minimum absolute atomic E-state index is 0.117. The lowest BCUT2D eigenvalue weighted by molar-refractivity contribution is -0.132. The minimum atomic E-state index is -1.02. The number of carbonyl (C=O) groups is 3. The van der Waals surface area contributed by atoms with Crippen LogP contribution in [0.2, 0.25) is 5.02 Å². The molecule has 1 aliphatic rings. The van der Waals surface area contributed by atoms with Gasteiger partial charge in [0.05, 0.1) is 31.0 Å². The van der Waals surface area contributed by atoms with Crippen LogP contribution in [-0.2, 0) is 14.3 Å². The van der Waals surface area contributed by atoms with E-state index in [-0.39, 0.29) is 21.3 Å². The van der Waals surface area contributed by atoms with Gasteiger partial charge in [-0.05, 0) is 55.8 Å². The summed E-state index contributed by atoms with van der Waals surface area (Å²) in [6, 6.07) is 12.2. The normalized spacial score (nSPS) is 17.0. The number of aliphatic hydroxyl groups is 1. The standard InChI is InChI=1S/C25H21ClN2O6S/c1-4-34-17-10-8-14(9-11-17)20(29)18-19(15-6-5-7-16(26)12-15)28(23(31)21(18)30)25-27-13(2)22(35-25)24(32)33-3/h5-12,19,29H,4H2,1-3H3/b20-18-. The molecule has 0 saturated carbocycles. The summed E-state index contributed by atoms with van der Waals surface area (Å²) in [5.41, 5.74) is 1.07.